The highest BCUT2D eigenvalue weighted by Gasteiger charge is 2.26. The van der Waals surface area contributed by atoms with Crippen LogP contribution >= 0.6 is 0 Å². The van der Waals surface area contributed by atoms with Gasteiger partial charge in [0.1, 0.15) is 11.8 Å². The number of benzene rings is 1. The summed E-state index contributed by atoms with van der Waals surface area (Å²) in [4.78, 5) is 42.6. The average Bonchev–Trinajstić information content (AvgIpc) is 2.81. The monoisotopic (exact) mass is 513 g/mol. The summed E-state index contributed by atoms with van der Waals surface area (Å²) in [5.41, 5.74) is 0.903. The van der Waals surface area contributed by atoms with E-state index in [0.29, 0.717) is 24.7 Å². The number of nitrogens with one attached hydrogen (secondary N) is 4. The van der Waals surface area contributed by atoms with Crippen molar-refractivity contribution in [1.82, 2.24) is 15.3 Å². The molecule has 1 fully saturated rings. The summed E-state index contributed by atoms with van der Waals surface area (Å²) < 4.78 is 5.32. The molecule has 200 valence electrons. The zero-order chi connectivity index (χ0) is 27.0. The molecule has 1 aliphatic carbocycles. The van der Waals surface area contributed by atoms with Gasteiger partial charge in [-0.25, -0.2) is 9.78 Å². The van der Waals surface area contributed by atoms with Gasteiger partial charge >= 0.3 is 11.8 Å². The normalized spacial score (nSPS) is 17.4. The van der Waals surface area contributed by atoms with Crippen LogP contribution < -0.4 is 21.3 Å². The molecule has 1 heterocycles. The number of hydrogen-bond donors (Lipinski definition) is 4. The fourth-order valence-corrected chi connectivity index (χ4v) is 4.04. The molecule has 0 bridgehead atoms. The highest BCUT2D eigenvalue weighted by atomic mass is 16.6. The zero-order valence-electron chi connectivity index (χ0n) is 21.7. The van der Waals surface area contributed by atoms with Crippen LogP contribution in [0.3, 0.4) is 0 Å². The van der Waals surface area contributed by atoms with E-state index in [0.717, 1.165) is 31.2 Å². The Labute approximate surface area is 216 Å². The second kappa shape index (κ2) is 12.3. The number of amides is 2. The van der Waals surface area contributed by atoms with Crippen LogP contribution in [0, 0.1) is 16.0 Å². The van der Waals surface area contributed by atoms with Crippen molar-refractivity contribution in [3.05, 3.63) is 46.1 Å². The minimum Gasteiger partial charge on any atom is -0.444 e. The van der Waals surface area contributed by atoms with Gasteiger partial charge in [-0.05, 0) is 70.1 Å². The lowest BCUT2D eigenvalue weighted by molar-refractivity contribution is -0.384. The van der Waals surface area contributed by atoms with Gasteiger partial charge < -0.3 is 26.0 Å². The van der Waals surface area contributed by atoms with Crippen molar-refractivity contribution in [3.8, 4) is 0 Å². The van der Waals surface area contributed by atoms with Gasteiger partial charge in [0.2, 0.25) is 17.7 Å². The number of ether oxygens (including phenoxy) is 1. The van der Waals surface area contributed by atoms with E-state index in [4.69, 9.17) is 4.74 Å². The second-order valence-electron chi connectivity index (χ2n) is 10.2. The van der Waals surface area contributed by atoms with Gasteiger partial charge in [0.25, 0.3) is 0 Å². The van der Waals surface area contributed by atoms with Gasteiger partial charge in [-0.2, -0.15) is 4.98 Å². The highest BCUT2D eigenvalue weighted by Crippen LogP contribution is 2.27. The van der Waals surface area contributed by atoms with E-state index < -0.39 is 16.6 Å². The van der Waals surface area contributed by atoms with Crippen molar-refractivity contribution in [3.63, 3.8) is 0 Å². The van der Waals surface area contributed by atoms with Gasteiger partial charge in [0.05, 0.1) is 4.92 Å². The molecule has 3 rings (SSSR count). The summed E-state index contributed by atoms with van der Waals surface area (Å²) in [7, 11) is 0. The van der Waals surface area contributed by atoms with Crippen molar-refractivity contribution in [2.75, 3.05) is 22.5 Å². The predicted molar refractivity (Wildman–Crippen MR) is 140 cm³/mol. The first-order valence-electron chi connectivity index (χ1n) is 12.3. The SMILES string of the molecule is CC(=O)Nc1ccc(CNc2ncc([N+](=O)[O-])c(NC[C@H]3CC[C@H](NC(=O)OC(C)(C)C)CC3)n2)cc1. The fourth-order valence-electron chi connectivity index (χ4n) is 4.04. The van der Waals surface area contributed by atoms with Crippen LogP contribution in [0.4, 0.5) is 27.9 Å². The molecule has 1 aromatic carbocycles. The van der Waals surface area contributed by atoms with Crippen molar-refractivity contribution in [1.29, 1.82) is 0 Å². The Morgan fingerprint density at radius 1 is 1.11 bits per heavy atom. The summed E-state index contributed by atoms with van der Waals surface area (Å²) in [5.74, 6) is 0.585. The number of carbonyl (C=O) groups excluding carboxylic acids is 2. The Morgan fingerprint density at radius 3 is 2.38 bits per heavy atom. The molecule has 4 N–H and O–H groups in total. The van der Waals surface area contributed by atoms with E-state index >= 15 is 0 Å². The summed E-state index contributed by atoms with van der Waals surface area (Å²) in [5, 5.41) is 23.3. The highest BCUT2D eigenvalue weighted by molar-refractivity contribution is 5.88. The van der Waals surface area contributed by atoms with Crippen molar-refractivity contribution < 1.29 is 19.2 Å². The molecule has 1 aromatic heterocycles. The first kappa shape index (κ1) is 27.6. The van der Waals surface area contributed by atoms with E-state index in [9.17, 15) is 19.7 Å². The van der Waals surface area contributed by atoms with Gasteiger partial charge in [0.15, 0.2) is 0 Å². The van der Waals surface area contributed by atoms with Crippen LogP contribution in [0.1, 0.15) is 58.9 Å². The van der Waals surface area contributed by atoms with E-state index in [2.05, 4.69) is 31.2 Å². The minimum atomic E-state index is -0.538. The molecule has 12 nitrogen and oxygen atoms in total. The maximum atomic E-state index is 12.0. The van der Waals surface area contributed by atoms with Crippen LogP contribution in [-0.2, 0) is 16.1 Å². The molecular weight excluding hydrogens is 478 g/mol. The Kier molecular flexibility index (Phi) is 9.20. The summed E-state index contributed by atoms with van der Waals surface area (Å²) in [6.45, 7) is 7.87. The van der Waals surface area contributed by atoms with Crippen molar-refractivity contribution in [2.45, 2.75) is 71.6 Å². The van der Waals surface area contributed by atoms with Gasteiger partial charge in [0, 0.05) is 31.7 Å². The van der Waals surface area contributed by atoms with Crippen molar-refractivity contribution >= 4 is 35.1 Å². The number of carbonyl (C=O) groups is 2. The lowest BCUT2D eigenvalue weighted by Gasteiger charge is -2.30. The van der Waals surface area contributed by atoms with E-state index in [1.165, 1.54) is 13.1 Å². The molecule has 0 saturated heterocycles. The quantitative estimate of drug-likeness (QED) is 0.280. The second-order valence-corrected chi connectivity index (χ2v) is 10.2. The van der Waals surface area contributed by atoms with Crippen LogP contribution in [-0.4, -0.2) is 45.1 Å². The third kappa shape index (κ3) is 9.21. The molecule has 0 aliphatic heterocycles. The topological polar surface area (TPSA) is 160 Å². The molecule has 1 saturated carbocycles. The molecule has 37 heavy (non-hydrogen) atoms. The van der Waals surface area contributed by atoms with Crippen LogP contribution in [0.25, 0.3) is 0 Å². The van der Waals surface area contributed by atoms with Gasteiger partial charge in [-0.1, -0.05) is 12.1 Å². The van der Waals surface area contributed by atoms with Crippen LogP contribution in [0.2, 0.25) is 0 Å². The Balaban J connectivity index is 1.52. The van der Waals surface area contributed by atoms with Crippen molar-refractivity contribution in [2.24, 2.45) is 5.92 Å². The zero-order valence-corrected chi connectivity index (χ0v) is 21.7. The Hall–Kier alpha value is -3.96. The largest absolute Gasteiger partial charge is 0.444 e. The molecule has 1 aliphatic rings. The number of aromatic nitrogens is 2. The molecule has 12 heteroatoms. The summed E-state index contributed by atoms with van der Waals surface area (Å²) >= 11 is 0. The molecular formula is C25H35N7O5. The van der Waals surface area contributed by atoms with Crippen LogP contribution in [0.5, 0.6) is 0 Å². The van der Waals surface area contributed by atoms with E-state index in [1.807, 2.05) is 32.9 Å². The van der Waals surface area contributed by atoms with E-state index in [-0.39, 0.29) is 29.4 Å². The van der Waals surface area contributed by atoms with Gasteiger partial charge in [-0.3, -0.25) is 14.9 Å². The number of anilines is 3. The third-order valence-corrected chi connectivity index (χ3v) is 5.82. The average molecular weight is 514 g/mol. The third-order valence-electron chi connectivity index (χ3n) is 5.82. The predicted octanol–water partition coefficient (Wildman–Crippen LogP) is 4.45. The first-order valence-corrected chi connectivity index (χ1v) is 12.3. The first-order chi connectivity index (χ1) is 17.5. The number of nitrogens with zero attached hydrogens (tertiary/aromatic N) is 3. The fraction of sp³-hybridized carbons (Fsp3) is 0.520. The van der Waals surface area contributed by atoms with E-state index in [1.54, 1.807) is 12.1 Å². The molecule has 0 unspecified atom stereocenters. The number of alkyl carbamates (subject to hydrolysis) is 1. The Morgan fingerprint density at radius 2 is 1.78 bits per heavy atom. The molecule has 2 aromatic rings. The van der Waals surface area contributed by atoms with Crippen LogP contribution in [0.15, 0.2) is 30.5 Å². The Bertz CT molecular complexity index is 1090. The molecule has 0 spiro atoms. The summed E-state index contributed by atoms with van der Waals surface area (Å²) in [6, 6.07) is 7.36. The smallest absolute Gasteiger partial charge is 0.407 e. The molecule has 0 atom stereocenters. The molecule has 0 radical (unpaired) electrons. The maximum absolute atomic E-state index is 12.0. The number of rotatable bonds is 9. The lowest BCUT2D eigenvalue weighted by atomic mass is 9.86. The molecule has 2 amide bonds. The summed E-state index contributed by atoms with van der Waals surface area (Å²) in [6.07, 6.45) is 4.14. The lowest BCUT2D eigenvalue weighted by Crippen LogP contribution is -2.41. The van der Waals surface area contributed by atoms with Gasteiger partial charge in [-0.15, -0.1) is 0 Å². The minimum absolute atomic E-state index is 0.0580. The standard InChI is InChI=1S/C25H35N7O5/c1-16(33)29-19-9-5-18(6-10-19)14-27-23-28-15-21(32(35)36)22(31-23)26-13-17-7-11-20(12-8-17)30-24(34)37-25(2,3)4/h5-6,9-10,15,17,20H,7-8,11-14H2,1-4H3,(H,29,33)(H,30,34)(H2,26,27,28,31)/t17-,20-. The number of nitro groups is 1. The maximum Gasteiger partial charge on any atom is 0.407 e. The number of hydrogen-bond acceptors (Lipinski definition) is 9.